The number of hydrogen-bond donors (Lipinski definition) is 3. The first kappa shape index (κ1) is 12.4. The zero-order chi connectivity index (χ0) is 12.1. The van der Waals surface area contributed by atoms with E-state index in [0.29, 0.717) is 0 Å². The number of Topliss-reactive ketones (excluding diaryl/α,β-unsaturated/α-hetero) is 2. The van der Waals surface area contributed by atoms with Crippen molar-refractivity contribution in [2.24, 2.45) is 11.5 Å². The van der Waals surface area contributed by atoms with Crippen LogP contribution in [-0.2, 0) is 16.0 Å². The molecule has 0 amide bonds. The average molecular weight is 222 g/mol. The summed E-state index contributed by atoms with van der Waals surface area (Å²) in [5.41, 5.74) is 11.4. The molecule has 1 aromatic rings. The van der Waals surface area contributed by atoms with E-state index in [1.54, 1.807) is 12.1 Å². The summed E-state index contributed by atoms with van der Waals surface area (Å²) in [4.78, 5) is 22.3. The second-order valence-corrected chi connectivity index (χ2v) is 3.47. The molecule has 0 saturated heterocycles. The first-order valence-electron chi connectivity index (χ1n) is 4.85. The number of aromatic hydroxyl groups is 1. The van der Waals surface area contributed by atoms with Gasteiger partial charge in [-0.3, -0.25) is 9.59 Å². The number of phenols is 1. The summed E-state index contributed by atoms with van der Waals surface area (Å²) in [5, 5.41) is 9.06. The molecule has 0 heterocycles. The van der Waals surface area contributed by atoms with Crippen molar-refractivity contribution >= 4 is 11.6 Å². The van der Waals surface area contributed by atoms with Crippen LogP contribution in [0.4, 0.5) is 0 Å². The maximum atomic E-state index is 11.3. The minimum atomic E-state index is -0.874. The molecule has 5 nitrogen and oxygen atoms in total. The van der Waals surface area contributed by atoms with E-state index in [1.807, 2.05) is 0 Å². The van der Waals surface area contributed by atoms with Crippen molar-refractivity contribution in [3.8, 4) is 5.75 Å². The van der Waals surface area contributed by atoms with Crippen molar-refractivity contribution in [2.75, 3.05) is 6.54 Å². The molecule has 0 unspecified atom stereocenters. The number of ketones is 2. The predicted molar refractivity (Wildman–Crippen MR) is 58.9 cm³/mol. The minimum Gasteiger partial charge on any atom is -0.508 e. The first-order valence-corrected chi connectivity index (χ1v) is 4.85. The fourth-order valence-electron chi connectivity index (χ4n) is 1.29. The van der Waals surface area contributed by atoms with Crippen LogP contribution in [0.5, 0.6) is 5.75 Å². The quantitative estimate of drug-likeness (QED) is 0.574. The summed E-state index contributed by atoms with van der Waals surface area (Å²) < 4.78 is 0. The van der Waals surface area contributed by atoms with Gasteiger partial charge in [-0.2, -0.15) is 0 Å². The smallest absolute Gasteiger partial charge is 0.216 e. The van der Waals surface area contributed by atoms with Crippen LogP contribution >= 0.6 is 0 Å². The first-order chi connectivity index (χ1) is 7.54. The molecule has 5 heteroatoms. The lowest BCUT2D eigenvalue weighted by Crippen LogP contribution is -2.40. The molecule has 0 aromatic heterocycles. The van der Waals surface area contributed by atoms with Gasteiger partial charge in [0.05, 0.1) is 12.6 Å². The Balaban J connectivity index is 2.64. The summed E-state index contributed by atoms with van der Waals surface area (Å²) in [6.07, 6.45) is 0.255. The molecule has 16 heavy (non-hydrogen) atoms. The molecule has 1 aromatic carbocycles. The summed E-state index contributed by atoms with van der Waals surface area (Å²) in [5.74, 6) is -1.18. The van der Waals surface area contributed by atoms with Gasteiger partial charge in [-0.15, -0.1) is 0 Å². The average Bonchev–Trinajstić information content (AvgIpc) is 2.30. The fourth-order valence-corrected chi connectivity index (χ4v) is 1.29. The van der Waals surface area contributed by atoms with E-state index in [-0.39, 0.29) is 18.7 Å². The van der Waals surface area contributed by atoms with E-state index in [9.17, 15) is 9.59 Å². The second kappa shape index (κ2) is 5.39. The minimum absolute atomic E-state index is 0.140. The molecule has 1 rings (SSSR count). The maximum absolute atomic E-state index is 11.3. The van der Waals surface area contributed by atoms with Crippen molar-refractivity contribution in [1.29, 1.82) is 0 Å². The summed E-state index contributed by atoms with van der Waals surface area (Å²) in [6.45, 7) is -0.317. The SMILES string of the molecule is NCC(=O)C(=O)[C@@H](N)Cc1ccc(O)cc1. The van der Waals surface area contributed by atoms with Crippen LogP contribution in [0.25, 0.3) is 0 Å². The summed E-state index contributed by atoms with van der Waals surface area (Å²) in [6, 6.07) is 5.42. The number of phenolic OH excluding ortho intramolecular Hbond substituents is 1. The molecular weight excluding hydrogens is 208 g/mol. The number of carbonyl (C=O) groups is 2. The Labute approximate surface area is 93.1 Å². The highest BCUT2D eigenvalue weighted by Crippen LogP contribution is 2.11. The van der Waals surface area contributed by atoms with Gasteiger partial charge < -0.3 is 16.6 Å². The van der Waals surface area contributed by atoms with Crippen LogP contribution in [0.15, 0.2) is 24.3 Å². The van der Waals surface area contributed by atoms with Gasteiger partial charge in [0, 0.05) is 0 Å². The Morgan fingerprint density at radius 1 is 1.25 bits per heavy atom. The largest absolute Gasteiger partial charge is 0.508 e. The highest BCUT2D eigenvalue weighted by molar-refractivity contribution is 6.39. The van der Waals surface area contributed by atoms with Gasteiger partial charge in [0.15, 0.2) is 0 Å². The lowest BCUT2D eigenvalue weighted by atomic mass is 10.0. The molecule has 0 spiro atoms. The highest BCUT2D eigenvalue weighted by atomic mass is 16.3. The van der Waals surface area contributed by atoms with Gasteiger partial charge in [-0.25, -0.2) is 0 Å². The van der Waals surface area contributed by atoms with Crippen molar-refractivity contribution in [3.05, 3.63) is 29.8 Å². The molecule has 0 bridgehead atoms. The summed E-state index contributed by atoms with van der Waals surface area (Å²) >= 11 is 0. The Morgan fingerprint density at radius 2 is 1.81 bits per heavy atom. The third kappa shape index (κ3) is 3.15. The molecule has 1 atom stereocenters. The van der Waals surface area contributed by atoms with Crippen LogP contribution in [0, 0.1) is 0 Å². The Kier molecular flexibility index (Phi) is 4.16. The molecule has 0 radical (unpaired) electrons. The number of hydrogen-bond acceptors (Lipinski definition) is 5. The van der Waals surface area contributed by atoms with Crippen molar-refractivity contribution < 1.29 is 14.7 Å². The van der Waals surface area contributed by atoms with E-state index >= 15 is 0 Å². The third-order valence-electron chi connectivity index (χ3n) is 2.19. The number of carbonyl (C=O) groups excluding carboxylic acids is 2. The van der Waals surface area contributed by atoms with E-state index in [1.165, 1.54) is 12.1 Å². The van der Waals surface area contributed by atoms with Gasteiger partial charge in [0.1, 0.15) is 5.75 Å². The predicted octanol–water partition coefficient (Wildman–Crippen LogP) is -0.641. The number of rotatable bonds is 5. The normalized spacial score (nSPS) is 12.1. The van der Waals surface area contributed by atoms with Gasteiger partial charge in [0.2, 0.25) is 11.6 Å². The maximum Gasteiger partial charge on any atom is 0.216 e. The van der Waals surface area contributed by atoms with Crippen LogP contribution in [0.2, 0.25) is 0 Å². The van der Waals surface area contributed by atoms with Crippen molar-refractivity contribution in [2.45, 2.75) is 12.5 Å². The standard InChI is InChI=1S/C11H14N2O3/c12-6-10(15)11(16)9(13)5-7-1-3-8(14)4-2-7/h1-4,9,14H,5-6,12-13H2/t9-/m0/s1. The van der Waals surface area contributed by atoms with Gasteiger partial charge in [-0.05, 0) is 24.1 Å². The van der Waals surface area contributed by atoms with Crippen molar-refractivity contribution in [3.63, 3.8) is 0 Å². The van der Waals surface area contributed by atoms with Gasteiger partial charge >= 0.3 is 0 Å². The third-order valence-corrected chi connectivity index (χ3v) is 2.19. The van der Waals surface area contributed by atoms with Gasteiger partial charge in [0.25, 0.3) is 0 Å². The second-order valence-electron chi connectivity index (χ2n) is 3.47. The molecule has 0 aliphatic carbocycles. The van der Waals surface area contributed by atoms with Crippen LogP contribution in [0.1, 0.15) is 5.56 Å². The van der Waals surface area contributed by atoms with Crippen LogP contribution in [-0.4, -0.2) is 29.3 Å². The van der Waals surface area contributed by atoms with E-state index in [2.05, 4.69) is 0 Å². The number of benzene rings is 1. The van der Waals surface area contributed by atoms with E-state index in [4.69, 9.17) is 16.6 Å². The molecule has 0 aliphatic rings. The zero-order valence-corrected chi connectivity index (χ0v) is 8.72. The summed E-state index contributed by atoms with van der Waals surface area (Å²) in [7, 11) is 0. The highest BCUT2D eigenvalue weighted by Gasteiger charge is 2.20. The van der Waals surface area contributed by atoms with Gasteiger partial charge in [-0.1, -0.05) is 12.1 Å². The molecule has 86 valence electrons. The molecule has 0 aliphatic heterocycles. The number of nitrogens with two attached hydrogens (primary N) is 2. The van der Waals surface area contributed by atoms with Crippen LogP contribution < -0.4 is 11.5 Å². The lowest BCUT2D eigenvalue weighted by molar-refractivity contribution is -0.136. The van der Waals surface area contributed by atoms with Crippen LogP contribution in [0.3, 0.4) is 0 Å². The van der Waals surface area contributed by atoms with E-state index in [0.717, 1.165) is 5.56 Å². The molecule has 0 saturated carbocycles. The monoisotopic (exact) mass is 222 g/mol. The molecular formula is C11H14N2O3. The molecule has 0 fully saturated rings. The topological polar surface area (TPSA) is 106 Å². The fraction of sp³-hybridized carbons (Fsp3) is 0.273. The zero-order valence-electron chi connectivity index (χ0n) is 8.72. The lowest BCUT2D eigenvalue weighted by Gasteiger charge is -2.09. The van der Waals surface area contributed by atoms with E-state index < -0.39 is 17.6 Å². The Bertz CT molecular complexity index is 387. The Morgan fingerprint density at radius 3 is 2.31 bits per heavy atom. The van der Waals surface area contributed by atoms with Crippen molar-refractivity contribution in [1.82, 2.24) is 0 Å². The Hall–Kier alpha value is -1.72. The molecule has 5 N–H and O–H groups in total.